The molecule has 3 aliphatic rings. The molecule has 16 atom stereocenters. The predicted octanol–water partition coefficient (Wildman–Crippen LogP) is -5.14. The number of hydrogen-bond acceptors (Lipinski definition) is 17. The summed E-state index contributed by atoms with van der Waals surface area (Å²) in [7, 11) is 0. The molecular formula is C25H43NO17. The number of rotatable bonds is 13. The summed E-state index contributed by atoms with van der Waals surface area (Å²) in [6, 6.07) is 0. The number of carbonyl (C=O) groups is 1. The molecule has 3 fully saturated rings. The zero-order valence-corrected chi connectivity index (χ0v) is 23.6. The number of carboxylic acid groups (broad SMARTS) is 1. The van der Waals surface area contributed by atoms with Gasteiger partial charge in [-0.05, 0) is 6.92 Å². The van der Waals surface area contributed by atoms with Crippen molar-refractivity contribution >= 4 is 12.4 Å². The van der Waals surface area contributed by atoms with Gasteiger partial charge in [0.15, 0.2) is 12.7 Å². The number of aliphatic hydroxyl groups excluding tert-OH is 9. The summed E-state index contributed by atoms with van der Waals surface area (Å²) in [5, 5.41) is 111. The van der Waals surface area contributed by atoms with E-state index >= 15 is 0 Å². The molecule has 18 nitrogen and oxygen atoms in total. The number of aliphatic carboxylic acids is 1. The highest BCUT2D eigenvalue weighted by atomic mass is 16.8. The van der Waals surface area contributed by atoms with Crippen LogP contribution in [0.2, 0.25) is 0 Å². The van der Waals surface area contributed by atoms with E-state index in [9.17, 15) is 55.9 Å². The van der Waals surface area contributed by atoms with Gasteiger partial charge in [-0.15, -0.1) is 0 Å². The summed E-state index contributed by atoms with van der Waals surface area (Å²) in [6.45, 7) is 0.424. The van der Waals surface area contributed by atoms with Gasteiger partial charge in [-0.25, -0.2) is 4.79 Å². The van der Waals surface area contributed by atoms with Crippen molar-refractivity contribution in [3.63, 3.8) is 0 Å². The molecule has 16 unspecified atom stereocenters. The normalized spacial score (nSPS) is 45.2. The van der Waals surface area contributed by atoms with Crippen LogP contribution in [0, 0.1) is 17.2 Å². The molecule has 0 aromatic rings. The predicted molar refractivity (Wildman–Crippen MR) is 137 cm³/mol. The van der Waals surface area contributed by atoms with Crippen LogP contribution < -0.4 is 0 Å². The average Bonchev–Trinajstić information content (AvgIpc) is 2.98. The van der Waals surface area contributed by atoms with Crippen molar-refractivity contribution in [3.8, 4) is 0 Å². The van der Waals surface area contributed by atoms with Gasteiger partial charge < -0.3 is 79.5 Å². The number of carboxylic acids is 1. The quantitative estimate of drug-likeness (QED) is 0.0670. The molecule has 250 valence electrons. The lowest BCUT2D eigenvalue weighted by atomic mass is 9.83. The fourth-order valence-electron chi connectivity index (χ4n) is 5.55. The summed E-state index contributed by atoms with van der Waals surface area (Å²) in [5.74, 6) is -6.51. The second kappa shape index (κ2) is 15.1. The van der Waals surface area contributed by atoms with E-state index in [1.165, 1.54) is 0 Å². The Bertz CT molecular complexity index is 913. The van der Waals surface area contributed by atoms with E-state index in [-0.39, 0.29) is 0 Å². The molecule has 11 N–H and O–H groups in total. The maximum absolute atomic E-state index is 12.6. The molecular weight excluding hydrogens is 586 g/mol. The Hall–Kier alpha value is -1.62. The van der Waals surface area contributed by atoms with E-state index in [4.69, 9.17) is 33.8 Å². The summed E-state index contributed by atoms with van der Waals surface area (Å²) in [6.07, 6.45) is -20.9. The standard InChI is InChI=1S/C25H43NO17/c1-9-10(2)39-15(6-29)21(16(9)32)41-23-19(35)22(18(34)14(5-28)40-23)43-25(24(36)37)3-12(30)11(7-38-8-26)20(42-25)17(33)13(31)4-27/h8-23,26-35H,3-7H2,1-2H3,(H,36,37). The molecule has 0 aliphatic carbocycles. The van der Waals surface area contributed by atoms with Gasteiger partial charge in [-0.1, -0.05) is 6.92 Å². The number of aliphatic hydroxyl groups is 9. The number of hydrogen-bond donors (Lipinski definition) is 11. The number of nitrogens with one attached hydrogen (secondary N) is 1. The molecule has 0 amide bonds. The minimum absolute atomic E-state index is 0.472. The lowest BCUT2D eigenvalue weighted by Gasteiger charge is -2.50. The van der Waals surface area contributed by atoms with Gasteiger partial charge in [0.1, 0.15) is 48.8 Å². The van der Waals surface area contributed by atoms with Crippen LogP contribution in [0.4, 0.5) is 0 Å². The largest absolute Gasteiger partial charge is 0.483 e. The molecule has 3 saturated heterocycles. The van der Waals surface area contributed by atoms with Gasteiger partial charge in [0.2, 0.25) is 0 Å². The minimum Gasteiger partial charge on any atom is -0.483 e. The van der Waals surface area contributed by atoms with Gasteiger partial charge in [-0.3, -0.25) is 5.41 Å². The van der Waals surface area contributed by atoms with Gasteiger partial charge in [-0.2, -0.15) is 0 Å². The van der Waals surface area contributed by atoms with Gasteiger partial charge in [0.25, 0.3) is 5.79 Å². The van der Waals surface area contributed by atoms with E-state index in [1.807, 2.05) is 0 Å². The molecule has 0 aromatic heterocycles. The van der Waals surface area contributed by atoms with E-state index in [2.05, 4.69) is 0 Å². The first-order valence-corrected chi connectivity index (χ1v) is 13.8. The summed E-state index contributed by atoms with van der Waals surface area (Å²) in [5.41, 5.74) is 0. The number of ether oxygens (including phenoxy) is 6. The molecule has 0 aromatic carbocycles. The van der Waals surface area contributed by atoms with Crippen LogP contribution in [0.5, 0.6) is 0 Å². The zero-order valence-electron chi connectivity index (χ0n) is 23.6. The van der Waals surface area contributed by atoms with Crippen LogP contribution >= 0.6 is 0 Å². The second-order valence-electron chi connectivity index (χ2n) is 11.1. The van der Waals surface area contributed by atoms with Crippen LogP contribution in [0.1, 0.15) is 20.3 Å². The third kappa shape index (κ3) is 7.45. The van der Waals surface area contributed by atoms with Crippen LogP contribution in [-0.2, 0) is 33.2 Å². The van der Waals surface area contributed by atoms with Crippen molar-refractivity contribution in [2.24, 2.45) is 11.8 Å². The molecule has 3 aliphatic heterocycles. The van der Waals surface area contributed by atoms with Crippen molar-refractivity contribution in [2.45, 2.75) is 106 Å². The summed E-state index contributed by atoms with van der Waals surface area (Å²) in [4.78, 5) is 12.6. The van der Waals surface area contributed by atoms with Crippen molar-refractivity contribution in [1.82, 2.24) is 0 Å². The van der Waals surface area contributed by atoms with Gasteiger partial charge >= 0.3 is 5.97 Å². The highest BCUT2D eigenvalue weighted by molar-refractivity contribution is 5.76. The van der Waals surface area contributed by atoms with Gasteiger partial charge in [0, 0.05) is 18.3 Å². The van der Waals surface area contributed by atoms with Crippen LogP contribution in [0.3, 0.4) is 0 Å². The first kappa shape index (κ1) is 35.9. The summed E-state index contributed by atoms with van der Waals surface area (Å²) >= 11 is 0. The van der Waals surface area contributed by atoms with Gasteiger partial charge in [0.05, 0.1) is 50.8 Å². The zero-order chi connectivity index (χ0) is 32.2. The molecule has 3 rings (SSSR count). The Labute approximate surface area is 246 Å². The molecule has 43 heavy (non-hydrogen) atoms. The average molecular weight is 630 g/mol. The third-order valence-electron chi connectivity index (χ3n) is 8.33. The monoisotopic (exact) mass is 629 g/mol. The fourth-order valence-corrected chi connectivity index (χ4v) is 5.55. The highest BCUT2D eigenvalue weighted by Crippen LogP contribution is 2.40. The smallest absolute Gasteiger partial charge is 0.364 e. The Morgan fingerprint density at radius 1 is 1.00 bits per heavy atom. The Kier molecular flexibility index (Phi) is 12.6. The highest BCUT2D eigenvalue weighted by Gasteiger charge is 2.59. The lowest BCUT2D eigenvalue weighted by molar-refractivity contribution is -0.383. The fraction of sp³-hybridized carbons (Fsp3) is 0.920. The van der Waals surface area contributed by atoms with Crippen molar-refractivity contribution in [2.75, 3.05) is 26.4 Å². The third-order valence-corrected chi connectivity index (χ3v) is 8.33. The Morgan fingerprint density at radius 3 is 2.21 bits per heavy atom. The van der Waals surface area contributed by atoms with E-state index in [1.54, 1.807) is 13.8 Å². The van der Waals surface area contributed by atoms with Crippen molar-refractivity contribution in [3.05, 3.63) is 0 Å². The first-order valence-electron chi connectivity index (χ1n) is 13.8. The SMILES string of the molecule is CC1OC(CO)C(OC2OC(CO)C(O)C(OC3(C(=O)O)CC(O)C(COC=N)C(C(O)C(O)CO)O3)C2O)C(O)C1C. The minimum atomic E-state index is -2.90. The van der Waals surface area contributed by atoms with Crippen molar-refractivity contribution < 1.29 is 84.3 Å². The van der Waals surface area contributed by atoms with Crippen LogP contribution in [-0.4, -0.2) is 175 Å². The molecule has 0 bridgehead atoms. The molecule has 0 radical (unpaired) electrons. The van der Waals surface area contributed by atoms with E-state index in [0.717, 1.165) is 0 Å². The molecule has 3 heterocycles. The lowest BCUT2D eigenvalue weighted by Crippen LogP contribution is -2.68. The Morgan fingerprint density at radius 2 is 1.65 bits per heavy atom. The maximum atomic E-state index is 12.6. The van der Waals surface area contributed by atoms with Crippen LogP contribution in [0.25, 0.3) is 0 Å². The second-order valence-corrected chi connectivity index (χ2v) is 11.1. The molecule has 0 saturated carbocycles. The Balaban J connectivity index is 1.93. The molecule has 18 heteroatoms. The maximum Gasteiger partial charge on any atom is 0.364 e. The topological polar surface area (TPSA) is 299 Å². The molecule has 0 spiro atoms. The van der Waals surface area contributed by atoms with Crippen molar-refractivity contribution in [1.29, 1.82) is 5.41 Å². The van der Waals surface area contributed by atoms with E-state index < -0.39 is 136 Å². The van der Waals surface area contributed by atoms with Crippen LogP contribution in [0.15, 0.2) is 0 Å². The summed E-state index contributed by atoms with van der Waals surface area (Å²) < 4.78 is 33.1. The van der Waals surface area contributed by atoms with E-state index in [0.29, 0.717) is 6.40 Å². The first-order chi connectivity index (χ1) is 20.3.